The lowest BCUT2D eigenvalue weighted by atomic mass is 10.1. The third-order valence-electron chi connectivity index (χ3n) is 5.71. The third kappa shape index (κ3) is 6.59. The van der Waals surface area contributed by atoms with Crippen LogP contribution in [0.5, 0.6) is 23.1 Å². The van der Waals surface area contributed by atoms with Crippen LogP contribution in [0.2, 0.25) is 0 Å². The molecule has 0 radical (unpaired) electrons. The molecule has 1 amide bonds. The Bertz CT molecular complexity index is 1630. The summed E-state index contributed by atoms with van der Waals surface area (Å²) < 4.78 is 45.7. The van der Waals surface area contributed by atoms with Crippen molar-refractivity contribution in [3.8, 4) is 34.5 Å². The fourth-order valence-electron chi connectivity index (χ4n) is 3.67. The van der Waals surface area contributed by atoms with Gasteiger partial charge in [0.05, 0.1) is 14.2 Å². The molecule has 0 aliphatic rings. The Kier molecular flexibility index (Phi) is 9.24. The summed E-state index contributed by atoms with van der Waals surface area (Å²) in [6.45, 7) is 3.98. The number of rotatable bonds is 10. The molecule has 4 rings (SSSR count). The van der Waals surface area contributed by atoms with Crippen molar-refractivity contribution in [2.75, 3.05) is 18.5 Å². The van der Waals surface area contributed by atoms with Gasteiger partial charge in [0, 0.05) is 18.0 Å². The normalized spacial score (nSPS) is 11.5. The van der Waals surface area contributed by atoms with Gasteiger partial charge in [-0.15, -0.1) is 0 Å². The van der Waals surface area contributed by atoms with Gasteiger partial charge in [0.1, 0.15) is 11.5 Å². The van der Waals surface area contributed by atoms with Crippen LogP contribution in [0.3, 0.4) is 0 Å². The Balaban J connectivity index is 1.94. The zero-order valence-electron chi connectivity index (χ0n) is 22.9. The van der Waals surface area contributed by atoms with Gasteiger partial charge in [0.2, 0.25) is 5.75 Å². The molecule has 15 heteroatoms. The first-order valence-electron chi connectivity index (χ1n) is 12.2. The van der Waals surface area contributed by atoms with E-state index in [1.54, 1.807) is 42.6 Å². The van der Waals surface area contributed by atoms with Gasteiger partial charge in [-0.2, -0.15) is 9.29 Å². The smallest absolute Gasteiger partial charge is 0.412 e. The molecular formula is C27H26N6O8S. The molecule has 4 aromatic rings. The monoisotopic (exact) mass is 594 g/mol. The predicted octanol–water partition coefficient (Wildman–Crippen LogP) is 4.38. The van der Waals surface area contributed by atoms with Crippen LogP contribution in [0.1, 0.15) is 35.8 Å². The van der Waals surface area contributed by atoms with E-state index >= 15 is 0 Å². The topological polar surface area (TPSA) is 189 Å². The molecule has 0 saturated carbocycles. The summed E-state index contributed by atoms with van der Waals surface area (Å²) >= 11 is -2.72. The van der Waals surface area contributed by atoms with E-state index in [0.717, 1.165) is 9.87 Å². The molecule has 0 aliphatic heterocycles. The molecule has 3 aromatic heterocycles. The fraction of sp³-hybridized carbons (Fsp3) is 0.185. The zero-order valence-corrected chi connectivity index (χ0v) is 23.7. The Morgan fingerprint density at radius 2 is 1.74 bits per heavy atom. The molecule has 0 bridgehead atoms. The number of hydrogen-bond donors (Lipinski definition) is 2. The summed E-state index contributed by atoms with van der Waals surface area (Å²) in [4.78, 5) is 40.5. The standard InChI is InChI=1S/C27H26N6O8S/c1-15(2)17-9-10-21(30-14-17)33(42(36)37)24-22(40-20-8-6-5-7-19(20)38-3)25(39-4)32-23(31-24)16-11-12-29-18(13-16)26(34)41-27(28)35/h5-15H,1-4H3,(H2,28,35)(H,36,37). The lowest BCUT2D eigenvalue weighted by molar-refractivity contribution is 0.0632. The van der Waals surface area contributed by atoms with Crippen molar-refractivity contribution in [2.45, 2.75) is 19.8 Å². The number of ether oxygens (including phenoxy) is 4. The molecule has 42 heavy (non-hydrogen) atoms. The molecule has 14 nitrogen and oxygen atoms in total. The summed E-state index contributed by atoms with van der Waals surface area (Å²) in [5, 5.41) is 0. The van der Waals surface area contributed by atoms with Crippen LogP contribution in [0.15, 0.2) is 60.9 Å². The van der Waals surface area contributed by atoms with E-state index in [9.17, 15) is 18.4 Å². The van der Waals surface area contributed by atoms with Gasteiger partial charge >= 0.3 is 12.1 Å². The number of esters is 1. The van der Waals surface area contributed by atoms with Gasteiger partial charge in [-0.05, 0) is 41.8 Å². The second-order valence-electron chi connectivity index (χ2n) is 8.73. The highest BCUT2D eigenvalue weighted by Crippen LogP contribution is 2.44. The second-order valence-corrected chi connectivity index (χ2v) is 9.56. The van der Waals surface area contributed by atoms with Gasteiger partial charge in [0.15, 0.2) is 23.1 Å². The highest BCUT2D eigenvalue weighted by Gasteiger charge is 2.29. The van der Waals surface area contributed by atoms with Crippen LogP contribution in [0.4, 0.5) is 16.4 Å². The fourth-order valence-corrected chi connectivity index (χ4v) is 4.21. The lowest BCUT2D eigenvalue weighted by Gasteiger charge is -2.23. The number of carbonyl (C=O) groups is 2. The summed E-state index contributed by atoms with van der Waals surface area (Å²) in [6, 6.07) is 12.8. The minimum Gasteiger partial charge on any atom is -0.493 e. The number of methoxy groups -OCH3 is 2. The quantitative estimate of drug-likeness (QED) is 0.150. The Morgan fingerprint density at radius 3 is 2.33 bits per heavy atom. The number of nitrogens with zero attached hydrogens (tertiary/aromatic N) is 5. The number of hydrogen-bond acceptors (Lipinski definition) is 11. The van der Waals surface area contributed by atoms with Crippen LogP contribution in [0, 0.1) is 0 Å². The number of amides is 1. The van der Waals surface area contributed by atoms with Crippen molar-refractivity contribution in [2.24, 2.45) is 5.73 Å². The van der Waals surface area contributed by atoms with Gasteiger partial charge in [0.25, 0.3) is 17.1 Å². The SMILES string of the molecule is COc1ccccc1Oc1c(OC)nc(-c2ccnc(C(=O)OC(N)=O)c2)nc1N(c1ccc(C(C)C)cn1)S(=O)O. The van der Waals surface area contributed by atoms with Crippen molar-refractivity contribution < 1.29 is 37.3 Å². The van der Waals surface area contributed by atoms with Crippen LogP contribution in [0.25, 0.3) is 11.4 Å². The summed E-state index contributed by atoms with van der Waals surface area (Å²) in [6.07, 6.45) is 1.54. The van der Waals surface area contributed by atoms with Crippen molar-refractivity contribution in [1.29, 1.82) is 0 Å². The minimum absolute atomic E-state index is 0.0565. The van der Waals surface area contributed by atoms with Gasteiger partial charge in [-0.1, -0.05) is 32.0 Å². The van der Waals surface area contributed by atoms with E-state index < -0.39 is 23.3 Å². The molecule has 0 spiro atoms. The highest BCUT2D eigenvalue weighted by molar-refractivity contribution is 7.81. The van der Waals surface area contributed by atoms with Crippen molar-refractivity contribution in [1.82, 2.24) is 19.9 Å². The number of aromatic nitrogens is 4. The first-order chi connectivity index (χ1) is 20.1. The molecule has 0 saturated heterocycles. The molecule has 3 N–H and O–H groups in total. The average Bonchev–Trinajstić information content (AvgIpc) is 2.98. The van der Waals surface area contributed by atoms with Crippen LogP contribution < -0.4 is 24.2 Å². The van der Waals surface area contributed by atoms with Crippen molar-refractivity contribution in [3.05, 3.63) is 72.2 Å². The Hall–Kier alpha value is -5.15. The summed E-state index contributed by atoms with van der Waals surface area (Å²) in [5.41, 5.74) is 5.80. The number of carbonyl (C=O) groups excluding carboxylic acids is 2. The van der Waals surface area contributed by atoms with Crippen LogP contribution in [-0.4, -0.2) is 55.0 Å². The Morgan fingerprint density at radius 1 is 1.00 bits per heavy atom. The Labute approximate surface area is 242 Å². The molecule has 1 aromatic carbocycles. The van der Waals surface area contributed by atoms with Gasteiger partial charge in [-0.25, -0.2) is 28.7 Å². The average molecular weight is 595 g/mol. The molecule has 0 fully saturated rings. The van der Waals surface area contributed by atoms with E-state index in [1.807, 2.05) is 13.8 Å². The van der Waals surface area contributed by atoms with E-state index in [-0.39, 0.29) is 52.0 Å². The van der Waals surface area contributed by atoms with Crippen molar-refractivity contribution >= 4 is 35.0 Å². The predicted molar refractivity (Wildman–Crippen MR) is 151 cm³/mol. The first-order valence-corrected chi connectivity index (χ1v) is 13.3. The molecule has 1 unspecified atom stereocenters. The third-order valence-corrected chi connectivity index (χ3v) is 6.38. The number of benzene rings is 1. The maximum Gasteiger partial charge on any atom is 0.412 e. The zero-order chi connectivity index (χ0) is 30.4. The van der Waals surface area contributed by atoms with Gasteiger partial charge in [-0.3, -0.25) is 4.55 Å². The van der Waals surface area contributed by atoms with E-state index in [1.165, 1.54) is 32.5 Å². The number of nitrogens with two attached hydrogens (primary N) is 1. The van der Waals surface area contributed by atoms with Gasteiger partial charge < -0.3 is 24.7 Å². The molecule has 1 atom stereocenters. The highest BCUT2D eigenvalue weighted by atomic mass is 32.2. The van der Waals surface area contributed by atoms with Crippen LogP contribution in [-0.2, 0) is 16.0 Å². The summed E-state index contributed by atoms with van der Waals surface area (Å²) in [5.74, 6) is -0.793. The molecule has 0 aliphatic carbocycles. The number of para-hydroxylation sites is 2. The molecular weight excluding hydrogens is 568 g/mol. The van der Waals surface area contributed by atoms with Crippen molar-refractivity contribution in [3.63, 3.8) is 0 Å². The molecule has 218 valence electrons. The largest absolute Gasteiger partial charge is 0.493 e. The van der Waals surface area contributed by atoms with E-state index in [4.69, 9.17) is 19.9 Å². The number of pyridine rings is 2. The summed E-state index contributed by atoms with van der Waals surface area (Å²) in [7, 11) is 2.78. The number of anilines is 2. The number of primary amides is 1. The van der Waals surface area contributed by atoms with E-state index in [2.05, 4.69) is 24.7 Å². The second kappa shape index (κ2) is 13.0. The maximum atomic E-state index is 12.8. The van der Waals surface area contributed by atoms with E-state index in [0.29, 0.717) is 5.75 Å². The van der Waals surface area contributed by atoms with Crippen LogP contribution >= 0.6 is 0 Å². The lowest BCUT2D eigenvalue weighted by Crippen LogP contribution is -2.23. The first kappa shape index (κ1) is 29.8. The minimum atomic E-state index is -2.72. The molecule has 3 heterocycles. The maximum absolute atomic E-state index is 12.8.